The molecule has 0 spiro atoms. The zero-order chi connectivity index (χ0) is 24.2. The van der Waals surface area contributed by atoms with E-state index < -0.39 is 35.3 Å². The Kier molecular flexibility index (Phi) is 7.50. The third kappa shape index (κ3) is 5.97. The molecule has 1 aromatic carbocycles. The fraction of sp³-hybridized carbons (Fsp3) is 0.542. The van der Waals surface area contributed by atoms with E-state index in [-0.39, 0.29) is 29.9 Å². The number of imide groups is 2. The Morgan fingerprint density at radius 3 is 2.52 bits per heavy atom. The molecule has 178 valence electrons. The van der Waals surface area contributed by atoms with E-state index in [1.165, 1.54) is 0 Å². The van der Waals surface area contributed by atoms with Crippen LogP contribution in [0.1, 0.15) is 86.4 Å². The van der Waals surface area contributed by atoms with Crippen molar-refractivity contribution >= 4 is 35.3 Å². The number of amides is 4. The van der Waals surface area contributed by atoms with Gasteiger partial charge >= 0.3 is 5.97 Å². The summed E-state index contributed by atoms with van der Waals surface area (Å²) in [6, 6.07) is 4.03. The number of rotatable bonds is 9. The summed E-state index contributed by atoms with van der Waals surface area (Å²) >= 11 is 0. The second-order valence-electron chi connectivity index (χ2n) is 9.35. The van der Waals surface area contributed by atoms with Crippen LogP contribution in [-0.4, -0.2) is 52.7 Å². The van der Waals surface area contributed by atoms with Crippen molar-refractivity contribution in [1.29, 1.82) is 0 Å². The van der Waals surface area contributed by atoms with Crippen LogP contribution in [0.3, 0.4) is 0 Å². The molecule has 1 fully saturated rings. The number of fused-ring (bicyclic) bond motifs is 1. The molecule has 0 bridgehead atoms. The molecule has 0 radical (unpaired) electrons. The molecule has 9 heteroatoms. The molecule has 0 saturated carbocycles. The number of ether oxygens (including phenoxy) is 1. The van der Waals surface area contributed by atoms with E-state index in [9.17, 15) is 24.0 Å². The van der Waals surface area contributed by atoms with Crippen molar-refractivity contribution < 1.29 is 28.7 Å². The van der Waals surface area contributed by atoms with Crippen LogP contribution >= 0.6 is 0 Å². The fourth-order valence-corrected chi connectivity index (χ4v) is 4.03. The summed E-state index contributed by atoms with van der Waals surface area (Å²) in [7, 11) is 0. The van der Waals surface area contributed by atoms with E-state index in [1.54, 1.807) is 18.2 Å². The summed E-state index contributed by atoms with van der Waals surface area (Å²) in [5, 5.41) is 5.42. The second kappa shape index (κ2) is 10.1. The molecule has 9 nitrogen and oxygen atoms in total. The Balaban J connectivity index is 1.50. The van der Waals surface area contributed by atoms with Crippen LogP contribution in [0.15, 0.2) is 18.2 Å². The van der Waals surface area contributed by atoms with E-state index in [1.807, 2.05) is 20.8 Å². The highest BCUT2D eigenvalue weighted by Crippen LogP contribution is 2.32. The number of hydrogen-bond acceptors (Lipinski definition) is 7. The number of esters is 1. The lowest BCUT2D eigenvalue weighted by Gasteiger charge is -2.27. The smallest absolute Gasteiger partial charge is 0.306 e. The summed E-state index contributed by atoms with van der Waals surface area (Å²) in [6.45, 7) is 6.14. The molecule has 2 N–H and O–H groups in total. The summed E-state index contributed by atoms with van der Waals surface area (Å²) < 4.78 is 5.29. The zero-order valence-electron chi connectivity index (χ0n) is 19.4. The number of carbonyl (C=O) groups is 5. The summed E-state index contributed by atoms with van der Waals surface area (Å²) in [4.78, 5) is 62.2. The molecule has 2 heterocycles. The van der Waals surface area contributed by atoms with Gasteiger partial charge in [0, 0.05) is 25.1 Å². The normalized spacial score (nSPS) is 18.3. The standard InChI is InChI=1S/C24H31N3O6/c1-24(2,3)33-19(29)11-6-4-5-7-14-25-16-10-8-9-15-20(16)23(32)27(22(15)31)17-12-13-18(28)26-21(17)30/h8-10,17,25H,4-7,11-14H2,1-3H3,(H,26,28,30). The van der Waals surface area contributed by atoms with Gasteiger partial charge in [-0.1, -0.05) is 18.9 Å². The Hall–Kier alpha value is -3.23. The number of nitrogens with zero attached hydrogens (tertiary/aromatic N) is 1. The van der Waals surface area contributed by atoms with Crippen LogP contribution in [0.4, 0.5) is 5.69 Å². The van der Waals surface area contributed by atoms with Crippen molar-refractivity contribution in [2.45, 2.75) is 77.4 Å². The van der Waals surface area contributed by atoms with E-state index >= 15 is 0 Å². The quantitative estimate of drug-likeness (QED) is 0.332. The van der Waals surface area contributed by atoms with E-state index in [2.05, 4.69) is 10.6 Å². The summed E-state index contributed by atoms with van der Waals surface area (Å²) in [5.41, 5.74) is 0.599. The fourth-order valence-electron chi connectivity index (χ4n) is 4.03. The molecule has 1 saturated heterocycles. The average molecular weight is 458 g/mol. The Labute approximate surface area is 193 Å². The van der Waals surface area contributed by atoms with Crippen molar-refractivity contribution in [2.24, 2.45) is 0 Å². The van der Waals surface area contributed by atoms with Crippen LogP contribution in [0.2, 0.25) is 0 Å². The average Bonchev–Trinajstić information content (AvgIpc) is 2.97. The minimum Gasteiger partial charge on any atom is -0.460 e. The summed E-state index contributed by atoms with van der Waals surface area (Å²) in [5.74, 6) is -2.26. The number of unbranched alkanes of at least 4 members (excludes halogenated alkanes) is 3. The van der Waals surface area contributed by atoms with E-state index in [0.29, 0.717) is 18.7 Å². The first kappa shape index (κ1) is 24.4. The van der Waals surface area contributed by atoms with Crippen LogP contribution in [0, 0.1) is 0 Å². The maximum Gasteiger partial charge on any atom is 0.306 e. The molecule has 1 aromatic rings. The van der Waals surface area contributed by atoms with Crippen molar-refractivity contribution in [1.82, 2.24) is 10.2 Å². The largest absolute Gasteiger partial charge is 0.460 e. The van der Waals surface area contributed by atoms with Crippen molar-refractivity contribution in [2.75, 3.05) is 11.9 Å². The number of hydrogen-bond donors (Lipinski definition) is 2. The van der Waals surface area contributed by atoms with Gasteiger partial charge in [0.25, 0.3) is 11.8 Å². The highest BCUT2D eigenvalue weighted by Gasteiger charge is 2.45. The molecular formula is C24H31N3O6. The molecule has 0 aliphatic carbocycles. The van der Waals surface area contributed by atoms with Gasteiger partial charge in [0.2, 0.25) is 11.8 Å². The first-order valence-corrected chi connectivity index (χ1v) is 11.4. The van der Waals surface area contributed by atoms with Crippen molar-refractivity contribution in [3.8, 4) is 0 Å². The maximum absolute atomic E-state index is 13.0. The zero-order valence-corrected chi connectivity index (χ0v) is 19.4. The molecule has 3 rings (SSSR count). The van der Waals surface area contributed by atoms with Crippen LogP contribution < -0.4 is 10.6 Å². The predicted octanol–water partition coefficient (Wildman–Crippen LogP) is 2.79. The van der Waals surface area contributed by atoms with Crippen LogP contribution in [0.25, 0.3) is 0 Å². The topological polar surface area (TPSA) is 122 Å². The maximum atomic E-state index is 13.0. The van der Waals surface area contributed by atoms with Crippen LogP contribution in [-0.2, 0) is 19.1 Å². The third-order valence-corrected chi connectivity index (χ3v) is 5.51. The van der Waals surface area contributed by atoms with Gasteiger partial charge in [0.15, 0.2) is 0 Å². The Morgan fingerprint density at radius 1 is 1.09 bits per heavy atom. The first-order valence-electron chi connectivity index (χ1n) is 11.4. The molecule has 0 aromatic heterocycles. The number of carbonyl (C=O) groups excluding carboxylic acids is 5. The first-order chi connectivity index (χ1) is 15.6. The van der Waals surface area contributed by atoms with Gasteiger partial charge in [0.05, 0.1) is 11.1 Å². The van der Waals surface area contributed by atoms with E-state index in [4.69, 9.17) is 4.74 Å². The molecule has 33 heavy (non-hydrogen) atoms. The van der Waals surface area contributed by atoms with Crippen molar-refractivity contribution in [3.63, 3.8) is 0 Å². The lowest BCUT2D eigenvalue weighted by Crippen LogP contribution is -2.54. The van der Waals surface area contributed by atoms with Crippen LogP contribution in [0.5, 0.6) is 0 Å². The molecule has 2 aliphatic rings. The molecular weight excluding hydrogens is 426 g/mol. The van der Waals surface area contributed by atoms with Gasteiger partial charge in [-0.3, -0.25) is 34.2 Å². The van der Waals surface area contributed by atoms with Crippen molar-refractivity contribution in [3.05, 3.63) is 29.3 Å². The Morgan fingerprint density at radius 2 is 1.82 bits per heavy atom. The lowest BCUT2D eigenvalue weighted by molar-refractivity contribution is -0.155. The monoisotopic (exact) mass is 457 g/mol. The minimum atomic E-state index is -0.979. The van der Waals surface area contributed by atoms with Gasteiger partial charge in [-0.15, -0.1) is 0 Å². The van der Waals surface area contributed by atoms with Gasteiger partial charge < -0.3 is 10.1 Å². The van der Waals surface area contributed by atoms with E-state index in [0.717, 1.165) is 30.6 Å². The number of piperidine rings is 1. The highest BCUT2D eigenvalue weighted by atomic mass is 16.6. The third-order valence-electron chi connectivity index (χ3n) is 5.51. The Bertz CT molecular complexity index is 965. The number of benzene rings is 1. The highest BCUT2D eigenvalue weighted by molar-refractivity contribution is 6.25. The predicted molar refractivity (Wildman–Crippen MR) is 121 cm³/mol. The van der Waals surface area contributed by atoms with Gasteiger partial charge in [0.1, 0.15) is 11.6 Å². The van der Waals surface area contributed by atoms with Gasteiger partial charge in [-0.25, -0.2) is 0 Å². The molecule has 1 atom stereocenters. The SMILES string of the molecule is CC(C)(C)OC(=O)CCCCCCNc1cccc2c1C(=O)N(C1CCC(=O)NC1=O)C2=O. The summed E-state index contributed by atoms with van der Waals surface area (Å²) in [6.07, 6.45) is 3.98. The number of nitrogens with one attached hydrogen (secondary N) is 2. The number of anilines is 1. The lowest BCUT2D eigenvalue weighted by atomic mass is 10.0. The van der Waals surface area contributed by atoms with Gasteiger partial charge in [-0.2, -0.15) is 0 Å². The molecule has 2 aliphatic heterocycles. The molecule has 1 unspecified atom stereocenters. The minimum absolute atomic E-state index is 0.0862. The van der Waals surface area contributed by atoms with Gasteiger partial charge in [-0.05, 0) is 52.2 Å². The second-order valence-corrected chi connectivity index (χ2v) is 9.35. The molecule has 4 amide bonds.